The van der Waals surface area contributed by atoms with Gasteiger partial charge in [-0.1, -0.05) is 42.5 Å². The fourth-order valence-corrected chi connectivity index (χ4v) is 2.86. The monoisotopic (exact) mass is 375 g/mol. The predicted octanol–water partition coefficient (Wildman–Crippen LogP) is 3.71. The average molecular weight is 375 g/mol. The molecule has 3 aromatic rings. The van der Waals surface area contributed by atoms with Crippen molar-refractivity contribution >= 4 is 17.6 Å². The molecule has 6 heteroatoms. The van der Waals surface area contributed by atoms with Gasteiger partial charge in [0.2, 0.25) is 0 Å². The maximum atomic E-state index is 12.8. The lowest BCUT2D eigenvalue weighted by atomic mass is 9.98. The summed E-state index contributed by atoms with van der Waals surface area (Å²) >= 11 is 0. The normalized spacial score (nSPS) is 11.3. The Morgan fingerprint density at radius 1 is 0.857 bits per heavy atom. The van der Waals surface area contributed by atoms with E-state index in [0.717, 1.165) is 16.9 Å². The number of rotatable bonds is 6. The van der Waals surface area contributed by atoms with Crippen molar-refractivity contribution in [1.29, 1.82) is 0 Å². The van der Waals surface area contributed by atoms with Crippen LogP contribution in [-0.4, -0.2) is 19.0 Å². The molecule has 0 aliphatic heterocycles. The minimum Gasteiger partial charge on any atom is -0.497 e. The summed E-state index contributed by atoms with van der Waals surface area (Å²) in [7, 11) is 1.61. The second-order valence-electron chi connectivity index (χ2n) is 6.16. The number of benzene rings is 3. The van der Waals surface area contributed by atoms with Gasteiger partial charge in [-0.2, -0.15) is 0 Å². The highest BCUT2D eigenvalue weighted by atomic mass is 16.5. The Labute approximate surface area is 163 Å². The summed E-state index contributed by atoms with van der Waals surface area (Å²) in [5.74, 6) is 0.523. The van der Waals surface area contributed by atoms with Crippen LogP contribution in [-0.2, 0) is 0 Å². The van der Waals surface area contributed by atoms with E-state index in [1.807, 2.05) is 54.6 Å². The zero-order chi connectivity index (χ0) is 19.9. The molecule has 0 heterocycles. The number of amides is 3. The highest BCUT2D eigenvalue weighted by Gasteiger charge is 2.18. The molecule has 0 aliphatic rings. The van der Waals surface area contributed by atoms with Gasteiger partial charge < -0.3 is 21.1 Å². The van der Waals surface area contributed by atoms with E-state index in [1.165, 1.54) is 0 Å². The van der Waals surface area contributed by atoms with E-state index in [0.29, 0.717) is 11.3 Å². The van der Waals surface area contributed by atoms with Crippen LogP contribution in [0.3, 0.4) is 0 Å². The summed E-state index contributed by atoms with van der Waals surface area (Å²) in [6, 6.07) is 22.9. The number of nitrogens with one attached hydrogen (secondary N) is 2. The summed E-state index contributed by atoms with van der Waals surface area (Å²) in [6.45, 7) is 0. The second-order valence-corrected chi connectivity index (χ2v) is 6.16. The Bertz CT molecular complexity index is 939. The zero-order valence-electron chi connectivity index (χ0n) is 15.4. The number of methoxy groups -OCH3 is 1. The molecular weight excluding hydrogens is 354 g/mol. The molecule has 1 unspecified atom stereocenters. The van der Waals surface area contributed by atoms with Crippen molar-refractivity contribution < 1.29 is 14.3 Å². The Hall–Kier alpha value is -3.80. The molecule has 0 saturated heterocycles. The molecule has 6 nitrogen and oxygen atoms in total. The number of nitrogens with two attached hydrogens (primary N) is 1. The third kappa shape index (κ3) is 4.67. The van der Waals surface area contributed by atoms with Crippen LogP contribution in [0.4, 0.5) is 10.5 Å². The van der Waals surface area contributed by atoms with Crippen LogP contribution < -0.4 is 21.1 Å². The van der Waals surface area contributed by atoms with Gasteiger partial charge in [0.15, 0.2) is 0 Å². The van der Waals surface area contributed by atoms with Crippen LogP contribution in [0.5, 0.6) is 5.75 Å². The van der Waals surface area contributed by atoms with Crippen molar-refractivity contribution in [2.75, 3.05) is 12.4 Å². The largest absolute Gasteiger partial charge is 0.497 e. The van der Waals surface area contributed by atoms with Crippen LogP contribution in [0.15, 0.2) is 78.9 Å². The summed E-state index contributed by atoms with van der Waals surface area (Å²) < 4.78 is 5.22. The first-order valence-electron chi connectivity index (χ1n) is 8.73. The maximum Gasteiger partial charge on any atom is 0.316 e. The van der Waals surface area contributed by atoms with E-state index in [1.54, 1.807) is 31.4 Å². The van der Waals surface area contributed by atoms with Crippen molar-refractivity contribution in [2.24, 2.45) is 5.73 Å². The molecule has 0 fully saturated rings. The lowest BCUT2D eigenvalue weighted by Gasteiger charge is -2.20. The minimum absolute atomic E-state index is 0.227. The number of carbonyl (C=O) groups excluding carboxylic acids is 2. The number of hydrogen-bond donors (Lipinski definition) is 3. The number of ether oxygens (including phenoxy) is 1. The molecule has 142 valence electrons. The predicted molar refractivity (Wildman–Crippen MR) is 108 cm³/mol. The fraction of sp³-hybridized carbons (Fsp3) is 0.0909. The van der Waals surface area contributed by atoms with E-state index >= 15 is 0 Å². The Balaban J connectivity index is 1.84. The molecule has 0 radical (unpaired) electrons. The third-order valence-electron chi connectivity index (χ3n) is 4.27. The molecule has 1 atom stereocenters. The Morgan fingerprint density at radius 2 is 1.46 bits per heavy atom. The quantitative estimate of drug-likeness (QED) is 0.613. The van der Waals surface area contributed by atoms with Gasteiger partial charge in [-0.25, -0.2) is 4.79 Å². The van der Waals surface area contributed by atoms with Gasteiger partial charge in [0, 0.05) is 11.3 Å². The maximum absolute atomic E-state index is 12.8. The Morgan fingerprint density at radius 3 is 2.04 bits per heavy atom. The molecule has 3 aromatic carbocycles. The summed E-state index contributed by atoms with van der Waals surface area (Å²) in [5.41, 5.74) is 8.01. The van der Waals surface area contributed by atoms with E-state index in [2.05, 4.69) is 10.6 Å². The van der Waals surface area contributed by atoms with Gasteiger partial charge in [0.05, 0.1) is 13.2 Å². The molecule has 0 saturated carbocycles. The molecule has 3 rings (SSSR count). The van der Waals surface area contributed by atoms with E-state index in [4.69, 9.17) is 10.5 Å². The van der Waals surface area contributed by atoms with Crippen LogP contribution in [0, 0.1) is 0 Å². The lowest BCUT2D eigenvalue weighted by Crippen LogP contribution is -2.29. The summed E-state index contributed by atoms with van der Waals surface area (Å²) in [4.78, 5) is 23.7. The number of anilines is 1. The van der Waals surface area contributed by atoms with Crippen LogP contribution in [0.25, 0.3) is 0 Å². The SMILES string of the molecule is COc1ccc(C(NC(=O)c2ccc(NC(N)=O)cc2)c2ccccc2)cc1. The van der Waals surface area contributed by atoms with Crippen molar-refractivity contribution in [3.8, 4) is 5.75 Å². The van der Waals surface area contributed by atoms with Gasteiger partial charge in [-0.3, -0.25) is 4.79 Å². The van der Waals surface area contributed by atoms with Crippen LogP contribution in [0.1, 0.15) is 27.5 Å². The zero-order valence-corrected chi connectivity index (χ0v) is 15.4. The number of urea groups is 1. The third-order valence-corrected chi connectivity index (χ3v) is 4.27. The van der Waals surface area contributed by atoms with Gasteiger partial charge >= 0.3 is 6.03 Å². The highest BCUT2D eigenvalue weighted by Crippen LogP contribution is 2.24. The van der Waals surface area contributed by atoms with E-state index < -0.39 is 6.03 Å². The van der Waals surface area contributed by atoms with Gasteiger partial charge in [0.25, 0.3) is 5.91 Å². The van der Waals surface area contributed by atoms with Gasteiger partial charge in [-0.05, 0) is 47.5 Å². The molecule has 0 bridgehead atoms. The molecule has 0 aliphatic carbocycles. The first-order valence-corrected chi connectivity index (χ1v) is 8.73. The molecular formula is C22H21N3O3. The molecule has 28 heavy (non-hydrogen) atoms. The number of primary amides is 1. The highest BCUT2D eigenvalue weighted by molar-refractivity contribution is 5.95. The van der Waals surface area contributed by atoms with Gasteiger partial charge in [-0.15, -0.1) is 0 Å². The molecule has 4 N–H and O–H groups in total. The molecule has 3 amide bonds. The van der Waals surface area contributed by atoms with Crippen molar-refractivity contribution in [3.05, 3.63) is 95.6 Å². The molecule has 0 aromatic heterocycles. The minimum atomic E-state index is -0.652. The smallest absolute Gasteiger partial charge is 0.316 e. The topological polar surface area (TPSA) is 93.4 Å². The first-order chi connectivity index (χ1) is 13.6. The summed E-state index contributed by atoms with van der Waals surface area (Å²) in [5, 5.41) is 5.54. The first kappa shape index (κ1) is 19.0. The van der Waals surface area contributed by atoms with Crippen molar-refractivity contribution in [3.63, 3.8) is 0 Å². The van der Waals surface area contributed by atoms with E-state index in [-0.39, 0.29) is 11.9 Å². The van der Waals surface area contributed by atoms with Crippen molar-refractivity contribution in [1.82, 2.24) is 5.32 Å². The second kappa shape index (κ2) is 8.73. The van der Waals surface area contributed by atoms with Gasteiger partial charge in [0.1, 0.15) is 5.75 Å². The number of hydrogen-bond acceptors (Lipinski definition) is 3. The Kier molecular flexibility index (Phi) is 5.91. The average Bonchev–Trinajstić information content (AvgIpc) is 2.73. The number of carbonyl (C=O) groups is 2. The summed E-state index contributed by atoms with van der Waals surface area (Å²) in [6.07, 6.45) is 0. The van der Waals surface area contributed by atoms with Crippen LogP contribution in [0.2, 0.25) is 0 Å². The standard InChI is InChI=1S/C22H21N3O3/c1-28-19-13-9-16(10-14-19)20(15-5-3-2-4-6-15)25-21(26)17-7-11-18(12-8-17)24-22(23)27/h2-14,20H,1H3,(H,25,26)(H3,23,24,27). The fourth-order valence-electron chi connectivity index (χ4n) is 2.86. The molecule has 0 spiro atoms. The van der Waals surface area contributed by atoms with E-state index in [9.17, 15) is 9.59 Å². The lowest BCUT2D eigenvalue weighted by molar-refractivity contribution is 0.0943. The van der Waals surface area contributed by atoms with Crippen molar-refractivity contribution in [2.45, 2.75) is 6.04 Å². The van der Waals surface area contributed by atoms with Crippen LogP contribution >= 0.6 is 0 Å².